The van der Waals surface area contributed by atoms with Gasteiger partial charge in [0, 0.05) is 12.1 Å². The van der Waals surface area contributed by atoms with Crippen molar-refractivity contribution in [1.82, 2.24) is 0 Å². The molecule has 0 radical (unpaired) electrons. The van der Waals surface area contributed by atoms with Crippen LogP contribution in [0.1, 0.15) is 44.7 Å². The Morgan fingerprint density at radius 2 is 1.78 bits per heavy atom. The number of nitrogens with two attached hydrogens (primary N) is 2. The molecule has 0 aliphatic heterocycles. The molecule has 0 aliphatic rings. The Balaban J connectivity index is 2.63. The zero-order valence-electron chi connectivity index (χ0n) is 11.7. The lowest BCUT2D eigenvalue weighted by molar-refractivity contribution is 0.360. The second kappa shape index (κ2) is 7.39. The summed E-state index contributed by atoms with van der Waals surface area (Å²) in [5, 5.41) is 0. The van der Waals surface area contributed by atoms with Gasteiger partial charge in [-0.15, -0.1) is 0 Å². The van der Waals surface area contributed by atoms with E-state index >= 15 is 0 Å². The summed E-state index contributed by atoms with van der Waals surface area (Å²) >= 11 is 0. The van der Waals surface area contributed by atoms with Crippen LogP contribution in [0.15, 0.2) is 24.3 Å². The molecule has 0 fully saturated rings. The molecule has 0 saturated heterocycles. The summed E-state index contributed by atoms with van der Waals surface area (Å²) in [5.41, 5.74) is 13.6. The smallest absolute Gasteiger partial charge is 0.118 e. The molecule has 4 N–H and O–H groups in total. The van der Waals surface area contributed by atoms with Gasteiger partial charge in [-0.25, -0.2) is 0 Å². The highest BCUT2D eigenvalue weighted by atomic mass is 16.5. The highest BCUT2D eigenvalue weighted by Gasteiger charge is 2.20. The molecule has 0 heterocycles. The quantitative estimate of drug-likeness (QED) is 0.782. The van der Waals surface area contributed by atoms with E-state index in [2.05, 4.69) is 13.8 Å². The lowest BCUT2D eigenvalue weighted by Gasteiger charge is -2.26. The van der Waals surface area contributed by atoms with Gasteiger partial charge in [-0.1, -0.05) is 38.8 Å². The van der Waals surface area contributed by atoms with E-state index < -0.39 is 0 Å². The lowest BCUT2D eigenvalue weighted by Crippen LogP contribution is -2.35. The number of ether oxygens (including phenoxy) is 1. The molecule has 0 bridgehead atoms. The summed E-state index contributed by atoms with van der Waals surface area (Å²) < 4.78 is 5.14. The normalized spacial score (nSPS) is 16.1. The molecule has 0 saturated carbocycles. The van der Waals surface area contributed by atoms with Gasteiger partial charge in [0.15, 0.2) is 0 Å². The van der Waals surface area contributed by atoms with Crippen molar-refractivity contribution in [2.24, 2.45) is 17.4 Å². The molecule has 0 aliphatic carbocycles. The highest BCUT2D eigenvalue weighted by Crippen LogP contribution is 2.25. The Morgan fingerprint density at radius 1 is 1.17 bits per heavy atom. The van der Waals surface area contributed by atoms with E-state index in [1.807, 2.05) is 24.3 Å². The fourth-order valence-electron chi connectivity index (χ4n) is 2.10. The summed E-state index contributed by atoms with van der Waals surface area (Å²) in [5.74, 6) is 1.14. The first kappa shape index (κ1) is 15.0. The van der Waals surface area contributed by atoms with E-state index in [-0.39, 0.29) is 18.0 Å². The van der Waals surface area contributed by atoms with Gasteiger partial charge >= 0.3 is 0 Å². The standard InChI is InChI=1S/C15H26N2O/c1-4-5-6-14(16)11(2)15(17)12-7-9-13(18-3)10-8-12/h7-11,14-15H,4-6,16-17H2,1-3H3. The maximum atomic E-state index is 6.28. The third-order valence-electron chi connectivity index (χ3n) is 3.63. The minimum atomic E-state index is -0.0113. The van der Waals surface area contributed by atoms with Gasteiger partial charge in [-0.3, -0.25) is 0 Å². The second-order valence-electron chi connectivity index (χ2n) is 4.96. The first-order valence-corrected chi connectivity index (χ1v) is 6.75. The van der Waals surface area contributed by atoms with Crippen LogP contribution in [-0.2, 0) is 0 Å². The van der Waals surface area contributed by atoms with Gasteiger partial charge in [0.2, 0.25) is 0 Å². The Hall–Kier alpha value is -1.06. The predicted octanol–water partition coefficient (Wildman–Crippen LogP) is 2.85. The topological polar surface area (TPSA) is 61.3 Å². The van der Waals surface area contributed by atoms with E-state index in [0.717, 1.165) is 17.7 Å². The molecule has 0 spiro atoms. The molecule has 18 heavy (non-hydrogen) atoms. The number of benzene rings is 1. The molecule has 3 heteroatoms. The molecule has 3 nitrogen and oxygen atoms in total. The van der Waals surface area contributed by atoms with Crippen molar-refractivity contribution in [2.45, 2.75) is 45.2 Å². The van der Waals surface area contributed by atoms with Crippen LogP contribution in [0.4, 0.5) is 0 Å². The van der Waals surface area contributed by atoms with Gasteiger partial charge in [-0.05, 0) is 30.0 Å². The summed E-state index contributed by atoms with van der Waals surface area (Å²) in [6.45, 7) is 4.32. The van der Waals surface area contributed by atoms with Crippen molar-refractivity contribution in [2.75, 3.05) is 7.11 Å². The Morgan fingerprint density at radius 3 is 2.28 bits per heavy atom. The minimum Gasteiger partial charge on any atom is -0.497 e. The van der Waals surface area contributed by atoms with Crippen molar-refractivity contribution in [3.05, 3.63) is 29.8 Å². The summed E-state index contributed by atoms with van der Waals surface area (Å²) in [4.78, 5) is 0. The Bertz CT molecular complexity index is 337. The minimum absolute atomic E-state index is 0.0113. The van der Waals surface area contributed by atoms with Crippen LogP contribution in [0.25, 0.3) is 0 Å². The number of rotatable bonds is 7. The molecule has 0 aromatic heterocycles. The molecule has 1 rings (SSSR count). The van der Waals surface area contributed by atoms with Crippen LogP contribution in [0, 0.1) is 5.92 Å². The van der Waals surface area contributed by atoms with E-state index in [1.165, 1.54) is 12.8 Å². The lowest BCUT2D eigenvalue weighted by atomic mass is 9.87. The number of methoxy groups -OCH3 is 1. The van der Waals surface area contributed by atoms with Gasteiger partial charge < -0.3 is 16.2 Å². The van der Waals surface area contributed by atoms with Gasteiger partial charge in [0.1, 0.15) is 5.75 Å². The Labute approximate surface area is 111 Å². The molecule has 0 amide bonds. The van der Waals surface area contributed by atoms with Crippen LogP contribution in [0.3, 0.4) is 0 Å². The van der Waals surface area contributed by atoms with E-state index in [4.69, 9.17) is 16.2 Å². The fraction of sp³-hybridized carbons (Fsp3) is 0.600. The summed E-state index contributed by atoms with van der Waals surface area (Å²) in [7, 11) is 1.66. The van der Waals surface area contributed by atoms with Gasteiger partial charge in [0.25, 0.3) is 0 Å². The van der Waals surface area contributed by atoms with Crippen molar-refractivity contribution in [1.29, 1.82) is 0 Å². The third kappa shape index (κ3) is 4.00. The van der Waals surface area contributed by atoms with Crippen LogP contribution < -0.4 is 16.2 Å². The van der Waals surface area contributed by atoms with E-state index in [0.29, 0.717) is 0 Å². The SMILES string of the molecule is CCCCC(N)C(C)C(N)c1ccc(OC)cc1. The van der Waals surface area contributed by atoms with Crippen molar-refractivity contribution >= 4 is 0 Å². The third-order valence-corrected chi connectivity index (χ3v) is 3.63. The summed E-state index contributed by atoms with van der Waals surface area (Å²) in [6.07, 6.45) is 3.39. The molecular formula is C15H26N2O. The fourth-order valence-corrected chi connectivity index (χ4v) is 2.10. The molecule has 1 aromatic carbocycles. The largest absolute Gasteiger partial charge is 0.497 e. The average molecular weight is 250 g/mol. The number of hydrogen-bond acceptors (Lipinski definition) is 3. The summed E-state index contributed by atoms with van der Waals surface area (Å²) in [6, 6.07) is 8.09. The monoisotopic (exact) mass is 250 g/mol. The van der Waals surface area contributed by atoms with Gasteiger partial charge in [0.05, 0.1) is 7.11 Å². The van der Waals surface area contributed by atoms with Crippen LogP contribution in [-0.4, -0.2) is 13.2 Å². The maximum absolute atomic E-state index is 6.28. The van der Waals surface area contributed by atoms with Crippen molar-refractivity contribution < 1.29 is 4.74 Å². The van der Waals surface area contributed by atoms with Crippen molar-refractivity contribution in [3.8, 4) is 5.75 Å². The van der Waals surface area contributed by atoms with Crippen molar-refractivity contribution in [3.63, 3.8) is 0 Å². The first-order valence-electron chi connectivity index (χ1n) is 6.75. The first-order chi connectivity index (χ1) is 8.60. The van der Waals surface area contributed by atoms with Crippen LogP contribution >= 0.6 is 0 Å². The van der Waals surface area contributed by atoms with Crippen LogP contribution in [0.2, 0.25) is 0 Å². The second-order valence-corrected chi connectivity index (χ2v) is 4.96. The zero-order valence-corrected chi connectivity index (χ0v) is 11.7. The molecular weight excluding hydrogens is 224 g/mol. The predicted molar refractivity (Wildman–Crippen MR) is 76.6 cm³/mol. The van der Waals surface area contributed by atoms with Gasteiger partial charge in [-0.2, -0.15) is 0 Å². The molecule has 3 unspecified atom stereocenters. The molecule has 102 valence electrons. The Kier molecular flexibility index (Phi) is 6.16. The zero-order chi connectivity index (χ0) is 13.5. The molecule has 3 atom stereocenters. The molecule has 1 aromatic rings. The number of hydrogen-bond donors (Lipinski definition) is 2. The van der Waals surface area contributed by atoms with E-state index in [9.17, 15) is 0 Å². The highest BCUT2D eigenvalue weighted by molar-refractivity contribution is 5.29. The number of unbranched alkanes of at least 4 members (excludes halogenated alkanes) is 1. The van der Waals surface area contributed by atoms with Crippen LogP contribution in [0.5, 0.6) is 5.75 Å². The van der Waals surface area contributed by atoms with E-state index in [1.54, 1.807) is 7.11 Å². The maximum Gasteiger partial charge on any atom is 0.118 e. The average Bonchev–Trinajstić information content (AvgIpc) is 2.43.